The van der Waals surface area contributed by atoms with Crippen molar-refractivity contribution in [2.24, 2.45) is 0 Å². The number of aliphatic hydroxyl groups excluding tert-OH is 1. The Kier molecular flexibility index (Phi) is 4.00. The zero-order chi connectivity index (χ0) is 10.4. The molecule has 0 aromatic carbocycles. The van der Waals surface area contributed by atoms with Crippen molar-refractivity contribution in [3.63, 3.8) is 0 Å². The van der Waals surface area contributed by atoms with Gasteiger partial charge in [0.05, 0.1) is 0 Å². The molecule has 14 heavy (non-hydrogen) atoms. The monoisotopic (exact) mass is 195 g/mol. The molecule has 0 radical (unpaired) electrons. The van der Waals surface area contributed by atoms with E-state index in [0.717, 1.165) is 6.42 Å². The predicted octanol–water partition coefficient (Wildman–Crippen LogP) is 0.325. The van der Waals surface area contributed by atoms with E-state index in [4.69, 9.17) is 0 Å². The van der Waals surface area contributed by atoms with E-state index in [1.807, 2.05) is 6.92 Å². The minimum atomic E-state index is -0.803. The number of nitrogens with one attached hydrogen (secondary N) is 1. The molecule has 5 nitrogen and oxygen atoms in total. The summed E-state index contributed by atoms with van der Waals surface area (Å²) in [5.41, 5.74) is 0.259. The van der Waals surface area contributed by atoms with Gasteiger partial charge in [0.1, 0.15) is 18.2 Å². The van der Waals surface area contributed by atoms with Crippen LogP contribution in [0.15, 0.2) is 18.6 Å². The van der Waals surface area contributed by atoms with Crippen LogP contribution < -0.4 is 5.32 Å². The van der Waals surface area contributed by atoms with Crippen LogP contribution in [0.1, 0.15) is 30.3 Å². The smallest absolute Gasteiger partial charge is 0.271 e. The van der Waals surface area contributed by atoms with Gasteiger partial charge in [-0.2, -0.15) is 0 Å². The first-order valence-electron chi connectivity index (χ1n) is 4.49. The molecule has 0 saturated heterocycles. The molecule has 1 atom stereocenters. The van der Waals surface area contributed by atoms with E-state index in [2.05, 4.69) is 15.3 Å². The second-order valence-electron chi connectivity index (χ2n) is 2.87. The zero-order valence-corrected chi connectivity index (χ0v) is 7.97. The molecule has 0 bridgehead atoms. The molecule has 1 heterocycles. The van der Waals surface area contributed by atoms with E-state index in [1.54, 1.807) is 0 Å². The lowest BCUT2D eigenvalue weighted by molar-refractivity contribution is 0.0758. The summed E-state index contributed by atoms with van der Waals surface area (Å²) in [7, 11) is 0. The van der Waals surface area contributed by atoms with Gasteiger partial charge in [-0.25, -0.2) is 9.97 Å². The molecular weight excluding hydrogens is 182 g/mol. The first-order valence-corrected chi connectivity index (χ1v) is 4.49. The quantitative estimate of drug-likeness (QED) is 0.679. The SMILES string of the molecule is CCCC(O)NC(=O)c1ccncn1. The summed E-state index contributed by atoms with van der Waals surface area (Å²) in [6, 6.07) is 1.49. The standard InChI is InChI=1S/C9H13N3O2/c1-2-3-8(13)12-9(14)7-4-5-10-6-11-7/h4-6,8,13H,2-3H2,1H3,(H,12,14). The Hall–Kier alpha value is -1.49. The number of rotatable bonds is 4. The van der Waals surface area contributed by atoms with E-state index in [-0.39, 0.29) is 11.6 Å². The van der Waals surface area contributed by atoms with Gasteiger partial charge in [0.2, 0.25) is 0 Å². The normalized spacial score (nSPS) is 12.1. The summed E-state index contributed by atoms with van der Waals surface area (Å²) in [5, 5.41) is 11.7. The van der Waals surface area contributed by atoms with E-state index in [0.29, 0.717) is 6.42 Å². The molecule has 0 aliphatic heterocycles. The largest absolute Gasteiger partial charge is 0.374 e. The third kappa shape index (κ3) is 3.10. The average molecular weight is 195 g/mol. The van der Waals surface area contributed by atoms with Crippen molar-refractivity contribution in [3.05, 3.63) is 24.3 Å². The Morgan fingerprint density at radius 1 is 1.71 bits per heavy atom. The van der Waals surface area contributed by atoms with Crippen molar-refractivity contribution < 1.29 is 9.90 Å². The Balaban J connectivity index is 2.51. The van der Waals surface area contributed by atoms with Gasteiger partial charge >= 0.3 is 0 Å². The fraction of sp³-hybridized carbons (Fsp3) is 0.444. The minimum absolute atomic E-state index is 0.259. The molecule has 0 saturated carbocycles. The number of aromatic nitrogens is 2. The number of amides is 1. The molecule has 0 aliphatic carbocycles. The fourth-order valence-electron chi connectivity index (χ4n) is 0.996. The van der Waals surface area contributed by atoms with Crippen LogP contribution in [0.4, 0.5) is 0 Å². The van der Waals surface area contributed by atoms with Gasteiger partial charge in [-0.15, -0.1) is 0 Å². The molecular formula is C9H13N3O2. The summed E-state index contributed by atoms with van der Waals surface area (Å²) in [6.07, 6.45) is 3.32. The molecule has 2 N–H and O–H groups in total. The maximum absolute atomic E-state index is 11.4. The van der Waals surface area contributed by atoms with Crippen LogP contribution in [0, 0.1) is 0 Å². The Morgan fingerprint density at radius 3 is 3.07 bits per heavy atom. The molecule has 1 aromatic heterocycles. The van der Waals surface area contributed by atoms with E-state index >= 15 is 0 Å². The lowest BCUT2D eigenvalue weighted by atomic mass is 10.3. The van der Waals surface area contributed by atoms with Crippen molar-refractivity contribution in [1.82, 2.24) is 15.3 Å². The number of hydrogen-bond donors (Lipinski definition) is 2. The molecule has 1 amide bonds. The maximum Gasteiger partial charge on any atom is 0.271 e. The van der Waals surface area contributed by atoms with Crippen molar-refractivity contribution in [2.75, 3.05) is 0 Å². The van der Waals surface area contributed by atoms with E-state index in [9.17, 15) is 9.90 Å². The van der Waals surface area contributed by atoms with Crippen LogP contribution >= 0.6 is 0 Å². The Morgan fingerprint density at radius 2 is 2.50 bits per heavy atom. The molecule has 1 rings (SSSR count). The highest BCUT2D eigenvalue weighted by Gasteiger charge is 2.10. The molecule has 76 valence electrons. The van der Waals surface area contributed by atoms with Gasteiger partial charge in [-0.1, -0.05) is 13.3 Å². The van der Waals surface area contributed by atoms with Crippen LogP contribution in [0.2, 0.25) is 0 Å². The number of aliphatic hydroxyl groups is 1. The Labute approximate surface area is 82.2 Å². The van der Waals surface area contributed by atoms with E-state index in [1.165, 1.54) is 18.6 Å². The summed E-state index contributed by atoms with van der Waals surface area (Å²) in [5.74, 6) is -0.381. The van der Waals surface area contributed by atoms with Crippen molar-refractivity contribution in [2.45, 2.75) is 26.0 Å². The third-order valence-corrected chi connectivity index (χ3v) is 1.67. The van der Waals surface area contributed by atoms with E-state index < -0.39 is 6.23 Å². The average Bonchev–Trinajstić information content (AvgIpc) is 2.19. The zero-order valence-electron chi connectivity index (χ0n) is 7.97. The molecule has 1 aromatic rings. The topological polar surface area (TPSA) is 75.1 Å². The maximum atomic E-state index is 11.4. The van der Waals surface area contributed by atoms with Crippen LogP contribution in [0.25, 0.3) is 0 Å². The van der Waals surface area contributed by atoms with Gasteiger partial charge in [-0.3, -0.25) is 4.79 Å². The number of nitrogens with zero attached hydrogens (tertiary/aromatic N) is 2. The van der Waals surface area contributed by atoms with Crippen molar-refractivity contribution >= 4 is 5.91 Å². The van der Waals surface area contributed by atoms with Gasteiger partial charge in [0.25, 0.3) is 5.91 Å². The molecule has 0 aliphatic rings. The highest BCUT2D eigenvalue weighted by atomic mass is 16.3. The summed E-state index contributed by atoms with van der Waals surface area (Å²) in [6.45, 7) is 1.93. The van der Waals surface area contributed by atoms with Crippen LogP contribution in [0.3, 0.4) is 0 Å². The lowest BCUT2D eigenvalue weighted by Gasteiger charge is -2.10. The second kappa shape index (κ2) is 5.29. The highest BCUT2D eigenvalue weighted by Crippen LogP contribution is 1.95. The molecule has 5 heteroatoms. The van der Waals surface area contributed by atoms with Crippen LogP contribution in [-0.2, 0) is 0 Å². The molecule has 0 fully saturated rings. The Bertz CT molecular complexity index is 289. The lowest BCUT2D eigenvalue weighted by Crippen LogP contribution is -2.34. The number of hydrogen-bond acceptors (Lipinski definition) is 4. The van der Waals surface area contributed by atoms with Crippen LogP contribution in [-0.4, -0.2) is 27.2 Å². The van der Waals surface area contributed by atoms with Crippen molar-refractivity contribution in [3.8, 4) is 0 Å². The highest BCUT2D eigenvalue weighted by molar-refractivity contribution is 5.92. The first kappa shape index (κ1) is 10.6. The van der Waals surface area contributed by atoms with Gasteiger partial charge in [-0.05, 0) is 12.5 Å². The van der Waals surface area contributed by atoms with Crippen molar-refractivity contribution in [1.29, 1.82) is 0 Å². The van der Waals surface area contributed by atoms with Gasteiger partial charge < -0.3 is 10.4 Å². The van der Waals surface area contributed by atoms with Crippen LogP contribution in [0.5, 0.6) is 0 Å². The van der Waals surface area contributed by atoms with Gasteiger partial charge in [0.15, 0.2) is 0 Å². The third-order valence-electron chi connectivity index (χ3n) is 1.67. The molecule has 1 unspecified atom stereocenters. The summed E-state index contributed by atoms with van der Waals surface area (Å²) >= 11 is 0. The number of carbonyl (C=O) groups excluding carboxylic acids is 1. The molecule has 0 spiro atoms. The fourth-order valence-corrected chi connectivity index (χ4v) is 0.996. The minimum Gasteiger partial charge on any atom is -0.374 e. The second-order valence-corrected chi connectivity index (χ2v) is 2.87. The van der Waals surface area contributed by atoms with Gasteiger partial charge in [0, 0.05) is 6.20 Å². The predicted molar refractivity (Wildman–Crippen MR) is 50.4 cm³/mol. The summed E-state index contributed by atoms with van der Waals surface area (Å²) < 4.78 is 0. The number of carbonyl (C=O) groups is 1. The summed E-state index contributed by atoms with van der Waals surface area (Å²) in [4.78, 5) is 18.8. The first-order chi connectivity index (χ1) is 6.74.